The van der Waals surface area contributed by atoms with E-state index in [4.69, 9.17) is 9.47 Å². The average molecular weight is 764 g/mol. The van der Waals surface area contributed by atoms with Crippen LogP contribution in [0.25, 0.3) is 6.08 Å². The molecule has 0 aliphatic carbocycles. The predicted octanol–water partition coefficient (Wildman–Crippen LogP) is 7.50. The Balaban J connectivity index is 0.000000276. The molecule has 4 aromatic rings. The molecular weight excluding hydrogens is 716 g/mol. The van der Waals surface area contributed by atoms with Crippen LogP contribution >= 0.6 is 15.9 Å². The summed E-state index contributed by atoms with van der Waals surface area (Å²) < 4.78 is 10.9. The van der Waals surface area contributed by atoms with Gasteiger partial charge >= 0.3 is 11.9 Å². The molecule has 51 heavy (non-hydrogen) atoms. The van der Waals surface area contributed by atoms with Crippen molar-refractivity contribution < 1.29 is 29.3 Å². The van der Waals surface area contributed by atoms with Gasteiger partial charge in [-0.1, -0.05) is 34.1 Å². The summed E-state index contributed by atoms with van der Waals surface area (Å²) in [6.07, 6.45) is 5.57. The molecule has 4 rings (SSSR count). The number of carbonyl (C=O) groups excluding carboxylic acids is 2. The smallest absolute Gasteiger partial charge is 0.341 e. The van der Waals surface area contributed by atoms with Crippen molar-refractivity contribution in [3.8, 4) is 11.5 Å². The molecule has 0 atom stereocenters. The molecule has 13 heteroatoms. The molecule has 0 aliphatic heterocycles. The fourth-order valence-electron chi connectivity index (χ4n) is 5.19. The average Bonchev–Trinajstić information content (AvgIpc) is 3.05. The highest BCUT2D eigenvalue weighted by Gasteiger charge is 2.18. The second kappa shape index (κ2) is 19.4. The van der Waals surface area contributed by atoms with E-state index in [1.807, 2.05) is 32.1 Å². The molecule has 4 N–H and O–H groups in total. The summed E-state index contributed by atoms with van der Waals surface area (Å²) in [5, 5.41) is 25.6. The lowest BCUT2D eigenvalue weighted by molar-refractivity contribution is 0.0513. The topological polar surface area (TPSA) is 169 Å². The van der Waals surface area contributed by atoms with Crippen molar-refractivity contribution in [2.75, 3.05) is 36.9 Å². The number of aryl methyl sites for hydroxylation is 6. The molecule has 12 nitrogen and oxygen atoms in total. The van der Waals surface area contributed by atoms with E-state index in [2.05, 4.69) is 46.5 Å². The van der Waals surface area contributed by atoms with Crippen LogP contribution in [-0.2, 0) is 15.9 Å². The molecule has 0 saturated carbocycles. The molecule has 0 fully saturated rings. The van der Waals surface area contributed by atoms with E-state index in [0.29, 0.717) is 72.1 Å². The van der Waals surface area contributed by atoms with Gasteiger partial charge in [0.2, 0.25) is 11.9 Å². The maximum Gasteiger partial charge on any atom is 0.341 e. The molecule has 2 aromatic carbocycles. The van der Waals surface area contributed by atoms with Gasteiger partial charge in [0.15, 0.2) is 0 Å². The number of anilines is 2. The Morgan fingerprint density at radius 2 is 1.29 bits per heavy atom. The van der Waals surface area contributed by atoms with Gasteiger partial charge in [0.1, 0.15) is 22.6 Å². The highest BCUT2D eigenvalue weighted by atomic mass is 79.9. The number of ether oxygens (including phenoxy) is 2. The number of aromatic hydroxyl groups is 2. The number of phenolic OH excluding ortho intramolecular Hbond substituents is 2. The van der Waals surface area contributed by atoms with Crippen LogP contribution in [0.1, 0.15) is 86.0 Å². The maximum atomic E-state index is 11.9. The molecule has 0 amide bonds. The van der Waals surface area contributed by atoms with Gasteiger partial charge in [-0.2, -0.15) is 0 Å². The highest BCUT2D eigenvalue weighted by Crippen LogP contribution is 2.26. The zero-order chi connectivity index (χ0) is 37.7. The van der Waals surface area contributed by atoms with Gasteiger partial charge in [0.25, 0.3) is 0 Å². The van der Waals surface area contributed by atoms with Crippen LogP contribution in [0.15, 0.2) is 40.9 Å². The predicted molar refractivity (Wildman–Crippen MR) is 203 cm³/mol. The number of halogens is 1. The van der Waals surface area contributed by atoms with Crippen molar-refractivity contribution in [3.63, 3.8) is 0 Å². The van der Waals surface area contributed by atoms with Crippen LogP contribution in [-0.4, -0.2) is 68.4 Å². The zero-order valence-electron chi connectivity index (χ0n) is 30.5. The van der Waals surface area contributed by atoms with Gasteiger partial charge in [-0.25, -0.2) is 29.5 Å². The number of nitrogens with one attached hydrogen (secondary N) is 2. The number of aromatic nitrogens is 4. The van der Waals surface area contributed by atoms with Crippen molar-refractivity contribution in [1.29, 1.82) is 0 Å². The van der Waals surface area contributed by atoms with Gasteiger partial charge < -0.3 is 30.3 Å². The number of esters is 2. The second-order valence-electron chi connectivity index (χ2n) is 11.7. The van der Waals surface area contributed by atoms with E-state index in [1.54, 1.807) is 65.8 Å². The highest BCUT2D eigenvalue weighted by molar-refractivity contribution is 9.10. The van der Waals surface area contributed by atoms with Crippen LogP contribution in [0.2, 0.25) is 0 Å². The lowest BCUT2D eigenvalue weighted by Gasteiger charge is -2.11. The summed E-state index contributed by atoms with van der Waals surface area (Å²) in [6.45, 7) is 16.5. The Hall–Kier alpha value is -5.04. The van der Waals surface area contributed by atoms with Crippen molar-refractivity contribution >= 4 is 45.8 Å². The second-order valence-corrected chi connectivity index (χ2v) is 12.5. The molecule has 0 unspecified atom stereocenters. The number of hydrogen-bond acceptors (Lipinski definition) is 12. The van der Waals surface area contributed by atoms with Gasteiger partial charge in [-0.05, 0) is 115 Å². The molecule has 0 bridgehead atoms. The van der Waals surface area contributed by atoms with Crippen molar-refractivity contribution in [3.05, 3.63) is 97.0 Å². The minimum atomic E-state index is -0.404. The van der Waals surface area contributed by atoms with Crippen LogP contribution in [0.3, 0.4) is 0 Å². The minimum absolute atomic E-state index is 0.208. The van der Waals surface area contributed by atoms with Gasteiger partial charge in [0.05, 0.1) is 36.0 Å². The summed E-state index contributed by atoms with van der Waals surface area (Å²) in [7, 11) is 0. The molecule has 0 saturated heterocycles. The summed E-state index contributed by atoms with van der Waals surface area (Å²) in [4.78, 5) is 41.2. The fraction of sp³-hybridized carbons (Fsp3) is 0.368. The van der Waals surface area contributed by atoms with Crippen LogP contribution < -0.4 is 10.6 Å². The van der Waals surface area contributed by atoms with E-state index < -0.39 is 5.97 Å². The number of benzene rings is 2. The van der Waals surface area contributed by atoms with Gasteiger partial charge in [0, 0.05) is 17.6 Å². The number of hydrogen-bond donors (Lipinski definition) is 4. The summed E-state index contributed by atoms with van der Waals surface area (Å²) >= 11 is 3.42. The lowest BCUT2D eigenvalue weighted by Crippen LogP contribution is -2.14. The first-order valence-electron chi connectivity index (χ1n) is 16.7. The third kappa shape index (κ3) is 11.8. The Labute approximate surface area is 307 Å². The molecular formula is C38H47BrN6O6. The normalized spacial score (nSPS) is 10.8. The minimum Gasteiger partial charge on any atom is -0.508 e. The van der Waals surface area contributed by atoms with Crippen molar-refractivity contribution in [2.24, 2.45) is 0 Å². The molecule has 2 aromatic heterocycles. The van der Waals surface area contributed by atoms with E-state index in [9.17, 15) is 19.8 Å². The number of rotatable bonds is 13. The first-order chi connectivity index (χ1) is 24.2. The van der Waals surface area contributed by atoms with E-state index in [0.717, 1.165) is 34.0 Å². The van der Waals surface area contributed by atoms with Crippen LogP contribution in [0.4, 0.5) is 11.9 Å². The van der Waals surface area contributed by atoms with Crippen LogP contribution in [0.5, 0.6) is 11.5 Å². The monoisotopic (exact) mass is 762 g/mol. The van der Waals surface area contributed by atoms with Crippen molar-refractivity contribution in [1.82, 2.24) is 19.9 Å². The van der Waals surface area contributed by atoms with Gasteiger partial charge in [-0.3, -0.25) is 0 Å². The number of carbonyl (C=O) groups is 2. The summed E-state index contributed by atoms with van der Waals surface area (Å²) in [6, 6.07) is 8.78. The first kappa shape index (κ1) is 40.4. The zero-order valence-corrected chi connectivity index (χ0v) is 32.1. The first-order valence-corrected chi connectivity index (χ1v) is 17.5. The standard InChI is InChI=1S/C19H22BrN3O3.C19H25N3O3/c1-5-26-18(25)17-12(3)22-19(23-13(17)4)21-8-6-7-14-9-15(24)10-16(20)11(14)2;1-5-25-18(24)17-13(3)21-19(22-14(17)4)20-10-6-7-15-11-16(23)9-8-12(15)2/h6-7,9-10,24H,5,8H2,1-4H3,(H,21,22,23);8-9,11,23H,5-7,10H2,1-4H3,(H,20,21,22)/b7-6+;. The lowest BCUT2D eigenvalue weighted by atomic mass is 10.0. The Morgan fingerprint density at radius 3 is 1.82 bits per heavy atom. The largest absolute Gasteiger partial charge is 0.508 e. The fourth-order valence-corrected chi connectivity index (χ4v) is 5.65. The molecule has 0 radical (unpaired) electrons. The SMILES string of the molecule is CCOC(=O)c1c(C)nc(NC/C=C/c2cc(O)cc(Br)c2C)nc1C.CCOC(=O)c1c(C)nc(NCCCc2cc(O)ccc2C)nc1C. The van der Waals surface area contributed by atoms with E-state index >= 15 is 0 Å². The number of phenols is 2. The molecule has 0 aliphatic rings. The summed E-state index contributed by atoms with van der Waals surface area (Å²) in [5.41, 5.74) is 7.48. The Kier molecular flexibility index (Phi) is 15.3. The third-order valence-electron chi connectivity index (χ3n) is 7.78. The van der Waals surface area contributed by atoms with Crippen LogP contribution in [0, 0.1) is 41.5 Å². The Morgan fingerprint density at radius 1 is 0.765 bits per heavy atom. The maximum absolute atomic E-state index is 11.9. The Bertz CT molecular complexity index is 1830. The van der Waals surface area contributed by atoms with Crippen molar-refractivity contribution in [2.45, 2.75) is 68.2 Å². The van der Waals surface area contributed by atoms with Gasteiger partial charge in [-0.15, -0.1) is 0 Å². The molecule has 272 valence electrons. The van der Waals surface area contributed by atoms with E-state index in [-0.39, 0.29) is 17.5 Å². The molecule has 2 heterocycles. The van der Waals surface area contributed by atoms with E-state index in [1.165, 1.54) is 5.56 Å². The molecule has 0 spiro atoms. The number of nitrogens with zero attached hydrogens (tertiary/aromatic N) is 4. The summed E-state index contributed by atoms with van der Waals surface area (Å²) in [5.74, 6) is 0.668. The third-order valence-corrected chi connectivity index (χ3v) is 8.61. The quantitative estimate of drug-likeness (QED) is 0.0783.